The summed E-state index contributed by atoms with van der Waals surface area (Å²) in [4.78, 5) is 11.7. The van der Waals surface area contributed by atoms with Crippen molar-refractivity contribution in [1.29, 1.82) is 0 Å². The minimum absolute atomic E-state index is 0.00277. The zero-order valence-corrected chi connectivity index (χ0v) is 9.45. The Morgan fingerprint density at radius 1 is 0.947 bits per heavy atom. The Balaban J connectivity index is 2.25. The standard InChI is InChI=1S/C13H8F3NO2/c14-10-6-5-9(11(15)12(10)16)13(19)17-7-1-3-8(18)4-2-7/h1-6,18H,(H,17,19). The minimum atomic E-state index is -1.70. The zero-order chi connectivity index (χ0) is 14.0. The monoisotopic (exact) mass is 267 g/mol. The number of carbonyl (C=O) groups excluding carboxylic acids is 1. The lowest BCUT2D eigenvalue weighted by Gasteiger charge is -2.07. The van der Waals surface area contributed by atoms with Gasteiger partial charge in [0.25, 0.3) is 5.91 Å². The van der Waals surface area contributed by atoms with E-state index in [4.69, 9.17) is 5.11 Å². The molecule has 0 fully saturated rings. The van der Waals surface area contributed by atoms with Gasteiger partial charge in [-0.15, -0.1) is 0 Å². The van der Waals surface area contributed by atoms with E-state index in [-0.39, 0.29) is 11.4 Å². The molecule has 0 aromatic heterocycles. The van der Waals surface area contributed by atoms with Gasteiger partial charge in [-0.05, 0) is 36.4 Å². The first-order valence-corrected chi connectivity index (χ1v) is 5.23. The Bertz CT molecular complexity index is 627. The van der Waals surface area contributed by atoms with Crippen LogP contribution >= 0.6 is 0 Å². The summed E-state index contributed by atoms with van der Waals surface area (Å²) in [6.07, 6.45) is 0. The van der Waals surface area contributed by atoms with Crippen LogP contribution in [0.25, 0.3) is 0 Å². The minimum Gasteiger partial charge on any atom is -0.508 e. The molecule has 6 heteroatoms. The van der Waals surface area contributed by atoms with E-state index < -0.39 is 28.9 Å². The molecule has 0 unspecified atom stereocenters. The molecule has 0 aliphatic heterocycles. The molecule has 2 aromatic rings. The van der Waals surface area contributed by atoms with Gasteiger partial charge in [0, 0.05) is 5.69 Å². The number of carbonyl (C=O) groups is 1. The van der Waals surface area contributed by atoms with Gasteiger partial charge in [-0.25, -0.2) is 13.2 Å². The molecule has 0 saturated carbocycles. The van der Waals surface area contributed by atoms with Gasteiger partial charge in [0.05, 0.1) is 5.56 Å². The third-order valence-corrected chi connectivity index (χ3v) is 2.40. The van der Waals surface area contributed by atoms with Crippen molar-refractivity contribution >= 4 is 11.6 Å². The lowest BCUT2D eigenvalue weighted by atomic mass is 10.1. The molecule has 2 aromatic carbocycles. The van der Waals surface area contributed by atoms with Crippen molar-refractivity contribution in [2.75, 3.05) is 5.32 Å². The highest BCUT2D eigenvalue weighted by atomic mass is 19.2. The van der Waals surface area contributed by atoms with E-state index in [1.54, 1.807) is 0 Å². The Morgan fingerprint density at radius 2 is 1.58 bits per heavy atom. The number of hydrogen-bond donors (Lipinski definition) is 2. The summed E-state index contributed by atoms with van der Waals surface area (Å²) in [5.74, 6) is -5.52. The lowest BCUT2D eigenvalue weighted by Crippen LogP contribution is -2.15. The van der Waals surface area contributed by atoms with Gasteiger partial charge in [0.15, 0.2) is 17.5 Å². The second-order valence-corrected chi connectivity index (χ2v) is 3.72. The molecule has 19 heavy (non-hydrogen) atoms. The average molecular weight is 267 g/mol. The predicted molar refractivity (Wildman–Crippen MR) is 62.4 cm³/mol. The summed E-state index contributed by atoms with van der Waals surface area (Å²) in [6.45, 7) is 0. The SMILES string of the molecule is O=C(Nc1ccc(O)cc1)c1ccc(F)c(F)c1F. The van der Waals surface area contributed by atoms with E-state index in [1.165, 1.54) is 24.3 Å². The molecule has 2 N–H and O–H groups in total. The first kappa shape index (κ1) is 12.9. The fourth-order valence-electron chi connectivity index (χ4n) is 1.44. The average Bonchev–Trinajstić information content (AvgIpc) is 2.39. The van der Waals surface area contributed by atoms with Gasteiger partial charge < -0.3 is 10.4 Å². The maximum absolute atomic E-state index is 13.4. The van der Waals surface area contributed by atoms with Crippen LogP contribution in [0.2, 0.25) is 0 Å². The molecule has 0 radical (unpaired) electrons. The summed E-state index contributed by atoms with van der Waals surface area (Å²) >= 11 is 0. The third kappa shape index (κ3) is 2.67. The van der Waals surface area contributed by atoms with Gasteiger partial charge in [0.2, 0.25) is 0 Å². The molecule has 0 bridgehead atoms. The molecule has 0 heterocycles. The lowest BCUT2D eigenvalue weighted by molar-refractivity contribution is 0.102. The molecule has 0 aliphatic rings. The fourth-order valence-corrected chi connectivity index (χ4v) is 1.44. The molecule has 0 aliphatic carbocycles. The van der Waals surface area contributed by atoms with E-state index >= 15 is 0 Å². The smallest absolute Gasteiger partial charge is 0.258 e. The van der Waals surface area contributed by atoms with Crippen molar-refractivity contribution in [2.24, 2.45) is 0 Å². The Kier molecular flexibility index (Phi) is 3.41. The molecule has 3 nitrogen and oxygen atoms in total. The van der Waals surface area contributed by atoms with Crippen molar-refractivity contribution in [3.63, 3.8) is 0 Å². The van der Waals surface area contributed by atoms with Crippen molar-refractivity contribution in [1.82, 2.24) is 0 Å². The van der Waals surface area contributed by atoms with Gasteiger partial charge in [-0.1, -0.05) is 0 Å². The van der Waals surface area contributed by atoms with Gasteiger partial charge in [-0.2, -0.15) is 0 Å². The second-order valence-electron chi connectivity index (χ2n) is 3.72. The van der Waals surface area contributed by atoms with Crippen LogP contribution in [0.15, 0.2) is 36.4 Å². The molecule has 0 spiro atoms. The van der Waals surface area contributed by atoms with E-state index in [2.05, 4.69) is 5.32 Å². The highest BCUT2D eigenvalue weighted by Gasteiger charge is 2.18. The van der Waals surface area contributed by atoms with Crippen LogP contribution in [0.1, 0.15) is 10.4 Å². The fraction of sp³-hybridized carbons (Fsp3) is 0. The number of nitrogens with one attached hydrogen (secondary N) is 1. The van der Waals surface area contributed by atoms with Crippen LogP contribution in [0.5, 0.6) is 5.75 Å². The quantitative estimate of drug-likeness (QED) is 0.649. The highest BCUT2D eigenvalue weighted by molar-refractivity contribution is 6.04. The maximum atomic E-state index is 13.4. The number of amides is 1. The Hall–Kier alpha value is -2.50. The molecular formula is C13H8F3NO2. The number of halogens is 3. The number of phenolic OH excluding ortho intramolecular Hbond substituents is 1. The number of aromatic hydroxyl groups is 1. The van der Waals surface area contributed by atoms with Crippen molar-refractivity contribution in [2.45, 2.75) is 0 Å². The number of anilines is 1. The van der Waals surface area contributed by atoms with E-state index in [1.807, 2.05) is 0 Å². The summed E-state index contributed by atoms with van der Waals surface area (Å²) < 4.78 is 39.1. The van der Waals surface area contributed by atoms with Crippen LogP contribution in [0, 0.1) is 17.5 Å². The normalized spacial score (nSPS) is 10.3. The van der Waals surface area contributed by atoms with Crippen molar-refractivity contribution in [3.8, 4) is 5.75 Å². The van der Waals surface area contributed by atoms with Crippen molar-refractivity contribution in [3.05, 3.63) is 59.4 Å². The Morgan fingerprint density at radius 3 is 2.21 bits per heavy atom. The number of phenols is 1. The number of hydrogen-bond acceptors (Lipinski definition) is 2. The van der Waals surface area contributed by atoms with Gasteiger partial charge >= 0.3 is 0 Å². The summed E-state index contributed by atoms with van der Waals surface area (Å²) in [6, 6.07) is 6.91. The molecule has 98 valence electrons. The third-order valence-electron chi connectivity index (χ3n) is 2.40. The molecular weight excluding hydrogens is 259 g/mol. The molecule has 2 rings (SSSR count). The highest BCUT2D eigenvalue weighted by Crippen LogP contribution is 2.18. The van der Waals surface area contributed by atoms with Crippen LogP contribution in [-0.4, -0.2) is 11.0 Å². The zero-order valence-electron chi connectivity index (χ0n) is 9.45. The number of benzene rings is 2. The Labute approximate surface area is 106 Å². The summed E-state index contributed by atoms with van der Waals surface area (Å²) in [5, 5.41) is 11.3. The van der Waals surface area contributed by atoms with Crippen LogP contribution in [-0.2, 0) is 0 Å². The first-order valence-electron chi connectivity index (χ1n) is 5.23. The molecule has 1 amide bonds. The first-order chi connectivity index (χ1) is 8.99. The van der Waals surface area contributed by atoms with Crippen LogP contribution in [0.3, 0.4) is 0 Å². The van der Waals surface area contributed by atoms with E-state index in [0.717, 1.165) is 6.07 Å². The second kappa shape index (κ2) is 5.01. The van der Waals surface area contributed by atoms with Crippen LogP contribution < -0.4 is 5.32 Å². The van der Waals surface area contributed by atoms with Crippen molar-refractivity contribution < 1.29 is 23.1 Å². The maximum Gasteiger partial charge on any atom is 0.258 e. The largest absolute Gasteiger partial charge is 0.508 e. The van der Waals surface area contributed by atoms with Gasteiger partial charge in [-0.3, -0.25) is 4.79 Å². The summed E-state index contributed by atoms with van der Waals surface area (Å²) in [5.41, 5.74) is -0.320. The number of rotatable bonds is 2. The predicted octanol–water partition coefficient (Wildman–Crippen LogP) is 3.06. The van der Waals surface area contributed by atoms with Gasteiger partial charge in [0.1, 0.15) is 5.75 Å². The molecule has 0 saturated heterocycles. The van der Waals surface area contributed by atoms with Crippen LogP contribution in [0.4, 0.5) is 18.9 Å². The topological polar surface area (TPSA) is 49.3 Å². The summed E-state index contributed by atoms with van der Waals surface area (Å²) in [7, 11) is 0. The van der Waals surface area contributed by atoms with E-state index in [9.17, 15) is 18.0 Å². The van der Waals surface area contributed by atoms with E-state index in [0.29, 0.717) is 6.07 Å². The molecule has 0 atom stereocenters.